The molecule has 2 aromatic rings. The molecule has 1 unspecified atom stereocenters. The van der Waals surface area contributed by atoms with Crippen LogP contribution in [0.4, 0.5) is 10.5 Å². The van der Waals surface area contributed by atoms with Crippen LogP contribution in [-0.2, 0) is 9.53 Å². The number of ether oxygens (including phenoxy) is 1. The number of rotatable bonds is 4. The van der Waals surface area contributed by atoms with Crippen molar-refractivity contribution in [3.05, 3.63) is 41.8 Å². The molecule has 1 aromatic carbocycles. The van der Waals surface area contributed by atoms with Gasteiger partial charge in [0, 0.05) is 29.2 Å². The second-order valence-electron chi connectivity index (χ2n) is 6.00. The summed E-state index contributed by atoms with van der Waals surface area (Å²) in [7, 11) is 0. The lowest BCUT2D eigenvalue weighted by molar-refractivity contribution is -0.121. The van der Waals surface area contributed by atoms with Gasteiger partial charge in [-0.1, -0.05) is 24.3 Å². The number of amides is 2. The fourth-order valence-corrected chi connectivity index (χ4v) is 3.81. The number of piperidine rings is 1. The largest absolute Gasteiger partial charge is 0.450 e. The Bertz CT molecular complexity index is 730. The topological polar surface area (TPSA) is 58.6 Å². The van der Waals surface area contributed by atoms with E-state index in [9.17, 15) is 9.59 Å². The number of anilines is 1. The molecule has 25 heavy (non-hydrogen) atoms. The molecule has 1 N–H and O–H groups in total. The summed E-state index contributed by atoms with van der Waals surface area (Å²) in [6.07, 6.45) is 1.26. The average molecular weight is 358 g/mol. The van der Waals surface area contributed by atoms with E-state index in [-0.39, 0.29) is 17.9 Å². The molecule has 3 rings (SSSR count). The number of likely N-dealkylation sites (tertiary alicyclic amines) is 1. The van der Waals surface area contributed by atoms with Crippen LogP contribution in [0.3, 0.4) is 0 Å². The van der Waals surface area contributed by atoms with Gasteiger partial charge in [-0.05, 0) is 37.3 Å². The summed E-state index contributed by atoms with van der Waals surface area (Å²) >= 11 is 1.64. The van der Waals surface area contributed by atoms with Gasteiger partial charge in [0.25, 0.3) is 0 Å². The van der Waals surface area contributed by atoms with E-state index in [1.165, 1.54) is 0 Å². The molecule has 2 amide bonds. The van der Waals surface area contributed by atoms with Gasteiger partial charge in [0.05, 0.1) is 12.5 Å². The normalized spacial score (nSPS) is 17.2. The Balaban J connectivity index is 1.69. The third kappa shape index (κ3) is 4.20. The highest BCUT2D eigenvalue weighted by Gasteiger charge is 2.29. The maximum absolute atomic E-state index is 12.7. The van der Waals surface area contributed by atoms with E-state index < -0.39 is 0 Å². The highest BCUT2D eigenvalue weighted by atomic mass is 32.1. The zero-order valence-corrected chi connectivity index (χ0v) is 15.1. The highest BCUT2D eigenvalue weighted by molar-refractivity contribution is 7.13. The monoisotopic (exact) mass is 358 g/mol. The van der Waals surface area contributed by atoms with Crippen molar-refractivity contribution in [3.63, 3.8) is 0 Å². The number of benzene rings is 1. The summed E-state index contributed by atoms with van der Waals surface area (Å²) in [5.41, 5.74) is 1.83. The number of nitrogens with zero attached hydrogens (tertiary/aromatic N) is 1. The first-order valence-electron chi connectivity index (χ1n) is 8.54. The summed E-state index contributed by atoms with van der Waals surface area (Å²) in [6, 6.07) is 11.8. The maximum Gasteiger partial charge on any atom is 0.409 e. The Kier molecular flexibility index (Phi) is 5.71. The average Bonchev–Trinajstić information content (AvgIpc) is 3.17. The van der Waals surface area contributed by atoms with Gasteiger partial charge in [-0.15, -0.1) is 11.3 Å². The van der Waals surface area contributed by atoms with Crippen molar-refractivity contribution in [3.8, 4) is 10.4 Å². The van der Waals surface area contributed by atoms with Crippen molar-refractivity contribution in [2.24, 2.45) is 5.92 Å². The van der Waals surface area contributed by atoms with E-state index in [0.717, 1.165) is 29.0 Å². The lowest BCUT2D eigenvalue weighted by Gasteiger charge is -2.31. The number of para-hydroxylation sites is 1. The Morgan fingerprint density at radius 3 is 2.88 bits per heavy atom. The highest BCUT2D eigenvalue weighted by Crippen LogP contribution is 2.32. The molecule has 0 spiro atoms. The Hall–Kier alpha value is -2.34. The van der Waals surface area contributed by atoms with E-state index in [4.69, 9.17) is 4.74 Å². The first kappa shape index (κ1) is 17.5. The number of carbonyl (C=O) groups is 2. The quantitative estimate of drug-likeness (QED) is 0.890. The van der Waals surface area contributed by atoms with Crippen LogP contribution in [0.1, 0.15) is 19.8 Å². The van der Waals surface area contributed by atoms with Gasteiger partial charge in [0.2, 0.25) is 5.91 Å². The molecule has 0 bridgehead atoms. The molecule has 132 valence electrons. The fraction of sp³-hybridized carbons (Fsp3) is 0.368. The maximum atomic E-state index is 12.7. The van der Waals surface area contributed by atoms with Gasteiger partial charge >= 0.3 is 6.09 Å². The molecule has 0 radical (unpaired) electrons. The van der Waals surface area contributed by atoms with Crippen LogP contribution in [0.5, 0.6) is 0 Å². The second kappa shape index (κ2) is 8.16. The minimum atomic E-state index is -0.334. The molecular formula is C19H22N2O3S. The molecule has 0 saturated carbocycles. The summed E-state index contributed by atoms with van der Waals surface area (Å²) in [4.78, 5) is 27.4. The number of nitrogens with one attached hydrogen (secondary N) is 1. The van der Waals surface area contributed by atoms with E-state index in [2.05, 4.69) is 5.32 Å². The van der Waals surface area contributed by atoms with E-state index in [1.54, 1.807) is 23.2 Å². The van der Waals surface area contributed by atoms with Crippen molar-refractivity contribution < 1.29 is 14.3 Å². The van der Waals surface area contributed by atoms with Gasteiger partial charge in [0.1, 0.15) is 0 Å². The molecule has 1 aliphatic rings. The Morgan fingerprint density at radius 1 is 1.28 bits per heavy atom. The third-order valence-corrected chi connectivity index (χ3v) is 5.19. The molecule has 1 aromatic heterocycles. The summed E-state index contributed by atoms with van der Waals surface area (Å²) in [5.74, 6) is -0.257. The van der Waals surface area contributed by atoms with Crippen molar-refractivity contribution >= 4 is 29.0 Å². The Morgan fingerprint density at radius 2 is 2.12 bits per heavy atom. The van der Waals surface area contributed by atoms with Crippen molar-refractivity contribution in [2.45, 2.75) is 19.8 Å². The van der Waals surface area contributed by atoms with Crippen LogP contribution in [0.15, 0.2) is 41.8 Å². The van der Waals surface area contributed by atoms with Crippen LogP contribution in [0, 0.1) is 5.92 Å². The second-order valence-corrected chi connectivity index (χ2v) is 6.94. The Labute approximate surface area is 151 Å². The predicted molar refractivity (Wildman–Crippen MR) is 99.7 cm³/mol. The number of carbonyl (C=O) groups excluding carboxylic acids is 2. The smallest absolute Gasteiger partial charge is 0.409 e. The molecule has 5 nitrogen and oxygen atoms in total. The fourth-order valence-electron chi connectivity index (χ4n) is 3.05. The molecular weight excluding hydrogens is 336 g/mol. The summed E-state index contributed by atoms with van der Waals surface area (Å²) in [6.45, 7) is 3.19. The first-order chi connectivity index (χ1) is 12.2. The van der Waals surface area contributed by atoms with Gasteiger partial charge in [-0.25, -0.2) is 4.79 Å². The predicted octanol–water partition coefficient (Wildman–Crippen LogP) is 4.22. The van der Waals surface area contributed by atoms with Crippen LogP contribution < -0.4 is 5.32 Å². The van der Waals surface area contributed by atoms with Crippen molar-refractivity contribution in [2.75, 3.05) is 25.0 Å². The van der Waals surface area contributed by atoms with Gasteiger partial charge in [-0.3, -0.25) is 4.79 Å². The van der Waals surface area contributed by atoms with Gasteiger partial charge in [0.15, 0.2) is 0 Å². The lowest BCUT2D eigenvalue weighted by atomic mass is 9.97. The van der Waals surface area contributed by atoms with E-state index >= 15 is 0 Å². The lowest BCUT2D eigenvalue weighted by Crippen LogP contribution is -2.44. The molecule has 1 saturated heterocycles. The van der Waals surface area contributed by atoms with Crippen LogP contribution in [-0.4, -0.2) is 36.6 Å². The van der Waals surface area contributed by atoms with Gasteiger partial charge in [-0.2, -0.15) is 0 Å². The van der Waals surface area contributed by atoms with Crippen LogP contribution in [0.25, 0.3) is 10.4 Å². The molecule has 2 heterocycles. The zero-order valence-electron chi connectivity index (χ0n) is 14.2. The SMILES string of the molecule is CCOC(=O)N1CCCC(C(=O)Nc2ccccc2-c2cccs2)C1. The molecule has 6 heteroatoms. The molecule has 1 aliphatic heterocycles. The van der Waals surface area contributed by atoms with E-state index in [0.29, 0.717) is 19.7 Å². The molecule has 0 aliphatic carbocycles. The summed E-state index contributed by atoms with van der Waals surface area (Å²) in [5, 5.41) is 5.07. The standard InChI is InChI=1S/C19H22N2O3S/c1-2-24-19(23)21-11-5-7-14(13-21)18(22)20-16-9-4-3-8-15(16)17-10-6-12-25-17/h3-4,6,8-10,12,14H,2,5,7,11,13H2,1H3,(H,20,22). The molecule has 1 fully saturated rings. The van der Waals surface area contributed by atoms with Crippen molar-refractivity contribution in [1.82, 2.24) is 4.90 Å². The minimum Gasteiger partial charge on any atom is -0.450 e. The summed E-state index contributed by atoms with van der Waals surface area (Å²) < 4.78 is 5.05. The first-order valence-corrected chi connectivity index (χ1v) is 9.42. The molecule has 1 atom stereocenters. The number of hydrogen-bond acceptors (Lipinski definition) is 4. The van der Waals surface area contributed by atoms with Crippen molar-refractivity contribution in [1.29, 1.82) is 0 Å². The third-order valence-electron chi connectivity index (χ3n) is 4.29. The number of thiophene rings is 1. The zero-order chi connectivity index (χ0) is 17.6. The minimum absolute atomic E-state index is 0.0435. The van der Waals surface area contributed by atoms with Crippen LogP contribution in [0.2, 0.25) is 0 Å². The van der Waals surface area contributed by atoms with Crippen LogP contribution >= 0.6 is 11.3 Å². The van der Waals surface area contributed by atoms with Gasteiger partial charge < -0.3 is 15.0 Å². The van der Waals surface area contributed by atoms with E-state index in [1.807, 2.05) is 41.8 Å². The number of hydrogen-bond donors (Lipinski definition) is 1.